The maximum absolute atomic E-state index is 11.9. The second-order valence-corrected chi connectivity index (χ2v) is 4.17. The van der Waals surface area contributed by atoms with Gasteiger partial charge in [0.2, 0.25) is 5.91 Å². The average Bonchev–Trinajstić information content (AvgIpc) is 2.68. The highest BCUT2D eigenvalue weighted by Crippen LogP contribution is 2.13. The van der Waals surface area contributed by atoms with Gasteiger partial charge in [0.1, 0.15) is 6.04 Å². The Balaban J connectivity index is 2.08. The monoisotopic (exact) mass is 244 g/mol. The Bertz CT molecular complexity index is 528. The topological polar surface area (TPSA) is 72.9 Å². The van der Waals surface area contributed by atoms with E-state index in [0.29, 0.717) is 5.82 Å². The summed E-state index contributed by atoms with van der Waals surface area (Å²) in [7, 11) is 1.82. The lowest BCUT2D eigenvalue weighted by atomic mass is 10.1. The molecule has 1 atom stereocenters. The van der Waals surface area contributed by atoms with Crippen molar-refractivity contribution in [2.24, 2.45) is 12.8 Å². The number of anilines is 1. The predicted octanol–water partition coefficient (Wildman–Crippen LogP) is 1.37. The highest BCUT2D eigenvalue weighted by molar-refractivity contribution is 5.94. The molecule has 0 saturated carbocycles. The number of nitrogens with one attached hydrogen (secondary N) is 1. The molecule has 1 unspecified atom stereocenters. The molecule has 3 N–H and O–H groups in total. The third-order valence-corrected chi connectivity index (χ3v) is 2.81. The van der Waals surface area contributed by atoms with Crippen LogP contribution in [0, 0.1) is 6.92 Å². The number of aromatic nitrogens is 2. The zero-order valence-electron chi connectivity index (χ0n) is 10.4. The van der Waals surface area contributed by atoms with Crippen LogP contribution in [0.1, 0.15) is 17.3 Å². The molecule has 94 valence electrons. The number of aryl methyl sites for hydroxylation is 2. The summed E-state index contributed by atoms with van der Waals surface area (Å²) in [5.41, 5.74) is 7.64. The van der Waals surface area contributed by atoms with E-state index in [9.17, 15) is 4.79 Å². The molecule has 1 amide bonds. The van der Waals surface area contributed by atoms with Crippen molar-refractivity contribution in [3.63, 3.8) is 0 Å². The first-order valence-electron chi connectivity index (χ1n) is 5.70. The summed E-state index contributed by atoms with van der Waals surface area (Å²) < 4.78 is 1.70. The minimum Gasteiger partial charge on any atom is -0.316 e. The summed E-state index contributed by atoms with van der Waals surface area (Å²) in [6.07, 6.45) is 0. The molecule has 1 aromatic heterocycles. The summed E-state index contributed by atoms with van der Waals surface area (Å²) in [5, 5.41) is 6.86. The fraction of sp³-hybridized carbons (Fsp3) is 0.231. The van der Waals surface area contributed by atoms with Gasteiger partial charge in [-0.25, -0.2) is 0 Å². The fourth-order valence-electron chi connectivity index (χ4n) is 1.64. The third-order valence-electron chi connectivity index (χ3n) is 2.81. The van der Waals surface area contributed by atoms with E-state index in [-0.39, 0.29) is 5.91 Å². The van der Waals surface area contributed by atoms with Gasteiger partial charge in [-0.1, -0.05) is 30.3 Å². The van der Waals surface area contributed by atoms with E-state index in [2.05, 4.69) is 10.4 Å². The van der Waals surface area contributed by atoms with Gasteiger partial charge in [-0.05, 0) is 12.5 Å². The van der Waals surface area contributed by atoms with Gasteiger partial charge in [-0.2, -0.15) is 5.10 Å². The first kappa shape index (κ1) is 12.3. The van der Waals surface area contributed by atoms with Gasteiger partial charge < -0.3 is 11.1 Å². The maximum Gasteiger partial charge on any atom is 0.247 e. The van der Waals surface area contributed by atoms with Crippen molar-refractivity contribution >= 4 is 11.7 Å². The molecule has 0 saturated heterocycles. The fourth-order valence-corrected chi connectivity index (χ4v) is 1.64. The van der Waals surface area contributed by atoms with Gasteiger partial charge in [0.15, 0.2) is 5.82 Å². The smallest absolute Gasteiger partial charge is 0.247 e. The molecule has 0 aliphatic heterocycles. The second kappa shape index (κ2) is 5.01. The number of hydrogen-bond acceptors (Lipinski definition) is 3. The van der Waals surface area contributed by atoms with Gasteiger partial charge >= 0.3 is 0 Å². The molecule has 0 aliphatic carbocycles. The van der Waals surface area contributed by atoms with Crippen molar-refractivity contribution in [3.05, 3.63) is 47.7 Å². The van der Waals surface area contributed by atoms with Crippen LogP contribution in [0.4, 0.5) is 5.82 Å². The van der Waals surface area contributed by atoms with Crippen LogP contribution in [-0.4, -0.2) is 15.7 Å². The molecule has 0 radical (unpaired) electrons. The van der Waals surface area contributed by atoms with Crippen LogP contribution in [0.3, 0.4) is 0 Å². The standard InChI is InChI=1S/C13H16N4O/c1-9-8-11(16-17(9)2)15-13(18)12(14)10-6-4-3-5-7-10/h3-8,12H,14H2,1-2H3,(H,15,16,18). The summed E-state index contributed by atoms with van der Waals surface area (Å²) in [5.74, 6) is 0.255. The number of carbonyl (C=O) groups excluding carboxylic acids is 1. The Hall–Kier alpha value is -2.14. The minimum atomic E-state index is -0.687. The van der Waals surface area contributed by atoms with Crippen molar-refractivity contribution in [2.75, 3.05) is 5.32 Å². The van der Waals surface area contributed by atoms with Gasteiger partial charge in [-0.15, -0.1) is 0 Å². The highest BCUT2D eigenvalue weighted by Gasteiger charge is 2.16. The van der Waals surface area contributed by atoms with Crippen LogP contribution in [0.5, 0.6) is 0 Å². The average molecular weight is 244 g/mol. The van der Waals surface area contributed by atoms with E-state index in [0.717, 1.165) is 11.3 Å². The number of benzene rings is 1. The van der Waals surface area contributed by atoms with Crippen molar-refractivity contribution in [1.29, 1.82) is 0 Å². The van der Waals surface area contributed by atoms with Crippen LogP contribution in [0.15, 0.2) is 36.4 Å². The number of hydrogen-bond donors (Lipinski definition) is 2. The number of amides is 1. The Morgan fingerprint density at radius 3 is 2.61 bits per heavy atom. The molecular formula is C13H16N4O. The molecule has 18 heavy (non-hydrogen) atoms. The Kier molecular flexibility index (Phi) is 3.43. The van der Waals surface area contributed by atoms with Gasteiger partial charge in [0.25, 0.3) is 0 Å². The minimum absolute atomic E-state index is 0.265. The Morgan fingerprint density at radius 2 is 2.06 bits per heavy atom. The summed E-state index contributed by atoms with van der Waals surface area (Å²) in [6.45, 7) is 1.92. The van der Waals surface area contributed by atoms with Crippen molar-refractivity contribution in [3.8, 4) is 0 Å². The number of carbonyl (C=O) groups is 1. The van der Waals surface area contributed by atoms with E-state index >= 15 is 0 Å². The van der Waals surface area contributed by atoms with Gasteiger partial charge in [0, 0.05) is 18.8 Å². The first-order valence-corrected chi connectivity index (χ1v) is 5.70. The predicted molar refractivity (Wildman–Crippen MR) is 69.9 cm³/mol. The molecule has 0 aliphatic rings. The van der Waals surface area contributed by atoms with Crippen LogP contribution < -0.4 is 11.1 Å². The molecule has 5 heteroatoms. The number of rotatable bonds is 3. The molecule has 5 nitrogen and oxygen atoms in total. The molecule has 0 bridgehead atoms. The largest absolute Gasteiger partial charge is 0.316 e. The van der Waals surface area contributed by atoms with E-state index in [1.165, 1.54) is 0 Å². The van der Waals surface area contributed by atoms with E-state index < -0.39 is 6.04 Å². The van der Waals surface area contributed by atoms with Crippen LogP contribution in [-0.2, 0) is 11.8 Å². The SMILES string of the molecule is Cc1cc(NC(=O)C(N)c2ccccc2)nn1C. The number of nitrogens with zero attached hydrogens (tertiary/aromatic N) is 2. The van der Waals surface area contributed by atoms with Crippen molar-refractivity contribution < 1.29 is 4.79 Å². The van der Waals surface area contributed by atoms with Crippen molar-refractivity contribution in [2.45, 2.75) is 13.0 Å². The molecule has 1 aromatic carbocycles. The molecular weight excluding hydrogens is 228 g/mol. The molecule has 2 aromatic rings. The van der Waals surface area contributed by atoms with Gasteiger partial charge in [0.05, 0.1) is 0 Å². The van der Waals surface area contributed by atoms with Crippen LogP contribution >= 0.6 is 0 Å². The lowest BCUT2D eigenvalue weighted by molar-refractivity contribution is -0.117. The number of nitrogens with two attached hydrogens (primary N) is 1. The van der Waals surface area contributed by atoms with Crippen molar-refractivity contribution in [1.82, 2.24) is 9.78 Å². The zero-order chi connectivity index (χ0) is 13.1. The van der Waals surface area contributed by atoms with Gasteiger partial charge in [-0.3, -0.25) is 9.48 Å². The summed E-state index contributed by atoms with van der Waals surface area (Å²) >= 11 is 0. The van der Waals surface area contributed by atoms with E-state index in [1.54, 1.807) is 10.7 Å². The van der Waals surface area contributed by atoms with E-state index in [4.69, 9.17) is 5.73 Å². The van der Waals surface area contributed by atoms with Crippen LogP contribution in [0.25, 0.3) is 0 Å². The molecule has 2 rings (SSSR count). The first-order chi connectivity index (χ1) is 8.58. The Morgan fingerprint density at radius 1 is 1.39 bits per heavy atom. The van der Waals surface area contributed by atoms with Crippen LogP contribution in [0.2, 0.25) is 0 Å². The summed E-state index contributed by atoms with van der Waals surface area (Å²) in [6, 6.07) is 10.4. The normalized spacial score (nSPS) is 12.2. The lowest BCUT2D eigenvalue weighted by Gasteiger charge is -2.10. The second-order valence-electron chi connectivity index (χ2n) is 4.17. The Labute approximate surface area is 106 Å². The molecule has 0 spiro atoms. The highest BCUT2D eigenvalue weighted by atomic mass is 16.2. The zero-order valence-corrected chi connectivity index (χ0v) is 10.4. The third kappa shape index (κ3) is 2.57. The maximum atomic E-state index is 11.9. The summed E-state index contributed by atoms with van der Waals surface area (Å²) in [4.78, 5) is 11.9. The lowest BCUT2D eigenvalue weighted by Crippen LogP contribution is -2.27. The molecule has 1 heterocycles. The van der Waals surface area contributed by atoms with E-state index in [1.807, 2.05) is 44.3 Å². The molecule has 0 fully saturated rings. The quantitative estimate of drug-likeness (QED) is 0.856.